The lowest BCUT2D eigenvalue weighted by atomic mass is 10.1. The first-order valence-electron chi connectivity index (χ1n) is 4.40. The zero-order valence-electron chi connectivity index (χ0n) is 8.33. The van der Waals surface area contributed by atoms with Gasteiger partial charge in [-0.3, -0.25) is 0 Å². The molecule has 12 heavy (non-hydrogen) atoms. The average molecular weight is 179 g/mol. The molecule has 0 aromatic rings. The summed E-state index contributed by atoms with van der Waals surface area (Å²) in [5, 5.41) is 0. The number of hydrogen-bond acceptors (Lipinski definition) is 1. The standard InChI is InChI=1S/C10H17NSi/c1-10(2,3)11-12(4)9-7-5-6-8-9/h5-9H,1-4H3. The van der Waals surface area contributed by atoms with Gasteiger partial charge in [0, 0.05) is 11.1 Å². The van der Waals surface area contributed by atoms with E-state index in [1.165, 1.54) is 0 Å². The molecule has 0 amide bonds. The van der Waals surface area contributed by atoms with Crippen LogP contribution in [0.5, 0.6) is 0 Å². The van der Waals surface area contributed by atoms with Gasteiger partial charge in [-0.2, -0.15) is 0 Å². The molecule has 0 atom stereocenters. The van der Waals surface area contributed by atoms with E-state index < -0.39 is 8.59 Å². The van der Waals surface area contributed by atoms with Gasteiger partial charge >= 0.3 is 0 Å². The monoisotopic (exact) mass is 179 g/mol. The summed E-state index contributed by atoms with van der Waals surface area (Å²) >= 11 is 0. The number of allylic oxidation sites excluding steroid dienone is 4. The molecular formula is C10H17NSi. The third-order valence-electron chi connectivity index (χ3n) is 1.74. The second-order valence-electron chi connectivity index (χ2n) is 4.22. The summed E-state index contributed by atoms with van der Waals surface area (Å²) in [5.41, 5.74) is 0.752. The van der Waals surface area contributed by atoms with Gasteiger partial charge in [-0.1, -0.05) is 24.3 Å². The molecule has 0 bridgehead atoms. The molecule has 1 aliphatic carbocycles. The van der Waals surface area contributed by atoms with Crippen molar-refractivity contribution in [2.75, 3.05) is 0 Å². The zero-order valence-corrected chi connectivity index (χ0v) is 9.33. The Balaban J connectivity index is 2.70. The quantitative estimate of drug-likeness (QED) is 0.548. The van der Waals surface area contributed by atoms with Crippen molar-refractivity contribution in [1.29, 1.82) is 0 Å². The summed E-state index contributed by atoms with van der Waals surface area (Å²) in [4.78, 5) is 0. The molecule has 1 rings (SSSR count). The minimum atomic E-state index is -0.573. The molecule has 0 unspecified atom stereocenters. The number of hydrogen-bond donors (Lipinski definition) is 0. The molecule has 0 radical (unpaired) electrons. The van der Waals surface area contributed by atoms with Gasteiger partial charge in [-0.15, -0.1) is 0 Å². The lowest BCUT2D eigenvalue weighted by Crippen LogP contribution is -2.15. The highest BCUT2D eigenvalue weighted by atomic mass is 28.2. The Morgan fingerprint density at radius 3 is 2.08 bits per heavy atom. The van der Waals surface area contributed by atoms with Crippen molar-refractivity contribution in [3.05, 3.63) is 24.3 Å². The SMILES string of the molecule is C[Si](=NC(C)(C)C)C1C=CC=C1. The van der Waals surface area contributed by atoms with Crippen LogP contribution in [0, 0.1) is 0 Å². The zero-order chi connectivity index (χ0) is 9.19. The molecule has 0 saturated heterocycles. The Morgan fingerprint density at radius 2 is 1.67 bits per heavy atom. The summed E-state index contributed by atoms with van der Waals surface area (Å²) in [7, 11) is -0.573. The minimum absolute atomic E-state index is 0.132. The van der Waals surface area contributed by atoms with Crippen molar-refractivity contribution >= 4 is 8.59 Å². The van der Waals surface area contributed by atoms with E-state index in [2.05, 4.69) is 51.6 Å². The van der Waals surface area contributed by atoms with Gasteiger partial charge in [0.05, 0.1) is 0 Å². The largest absolute Gasteiger partial charge is 0.331 e. The minimum Gasteiger partial charge on any atom is -0.331 e. The van der Waals surface area contributed by atoms with Gasteiger partial charge in [0.15, 0.2) is 0 Å². The van der Waals surface area contributed by atoms with Gasteiger partial charge < -0.3 is 4.63 Å². The van der Waals surface area contributed by atoms with Gasteiger partial charge in [0.1, 0.15) is 8.59 Å². The van der Waals surface area contributed by atoms with Crippen LogP contribution in [0.2, 0.25) is 12.1 Å². The smallest absolute Gasteiger partial charge is 0.130 e. The lowest BCUT2D eigenvalue weighted by molar-refractivity contribution is 0.586. The third-order valence-corrected chi connectivity index (χ3v) is 4.12. The molecule has 0 heterocycles. The molecule has 1 nitrogen and oxygen atoms in total. The highest BCUT2D eigenvalue weighted by molar-refractivity contribution is 6.48. The molecule has 2 heteroatoms. The molecule has 0 N–H and O–H groups in total. The van der Waals surface area contributed by atoms with Crippen molar-refractivity contribution in [1.82, 2.24) is 0 Å². The maximum atomic E-state index is 4.79. The number of nitrogens with zero attached hydrogens (tertiary/aromatic N) is 1. The predicted octanol–water partition coefficient (Wildman–Crippen LogP) is 3.17. The highest BCUT2D eigenvalue weighted by Crippen LogP contribution is 2.19. The Kier molecular flexibility index (Phi) is 2.78. The Bertz CT molecular complexity index is 231. The van der Waals surface area contributed by atoms with Gasteiger partial charge in [-0.25, -0.2) is 0 Å². The van der Waals surface area contributed by atoms with Crippen LogP contribution in [-0.4, -0.2) is 14.1 Å². The molecule has 1 aliphatic rings. The summed E-state index contributed by atoms with van der Waals surface area (Å²) < 4.78 is 4.79. The molecule has 0 aliphatic heterocycles. The van der Waals surface area contributed by atoms with Crippen LogP contribution in [0.1, 0.15) is 20.8 Å². The van der Waals surface area contributed by atoms with Crippen molar-refractivity contribution < 1.29 is 0 Å². The second kappa shape index (κ2) is 3.48. The normalized spacial score (nSPS) is 19.2. The van der Waals surface area contributed by atoms with Crippen LogP contribution in [0.3, 0.4) is 0 Å². The highest BCUT2D eigenvalue weighted by Gasteiger charge is 2.13. The first-order chi connectivity index (χ1) is 5.49. The summed E-state index contributed by atoms with van der Waals surface area (Å²) in [5.74, 6) is 0. The molecule has 0 aromatic heterocycles. The lowest BCUT2D eigenvalue weighted by Gasteiger charge is -2.15. The van der Waals surface area contributed by atoms with Crippen molar-refractivity contribution in [3.8, 4) is 0 Å². The number of rotatable bonds is 1. The molecule has 0 saturated carbocycles. The predicted molar refractivity (Wildman–Crippen MR) is 55.8 cm³/mol. The van der Waals surface area contributed by atoms with Crippen LogP contribution < -0.4 is 0 Å². The average Bonchev–Trinajstić information content (AvgIpc) is 2.32. The van der Waals surface area contributed by atoms with E-state index in [1.807, 2.05) is 0 Å². The molecule has 0 spiro atoms. The van der Waals surface area contributed by atoms with E-state index in [1.54, 1.807) is 0 Å². The third kappa shape index (κ3) is 2.86. The van der Waals surface area contributed by atoms with Gasteiger partial charge in [-0.05, 0) is 27.3 Å². The molecule has 66 valence electrons. The van der Waals surface area contributed by atoms with Gasteiger partial charge in [0.2, 0.25) is 0 Å². The topological polar surface area (TPSA) is 12.4 Å². The van der Waals surface area contributed by atoms with E-state index in [-0.39, 0.29) is 5.54 Å². The first-order valence-corrected chi connectivity index (χ1v) is 6.43. The molecular weight excluding hydrogens is 162 g/mol. The van der Waals surface area contributed by atoms with Crippen LogP contribution in [0.4, 0.5) is 0 Å². The van der Waals surface area contributed by atoms with Crippen molar-refractivity contribution in [2.45, 2.75) is 38.4 Å². The van der Waals surface area contributed by atoms with Crippen molar-refractivity contribution in [2.24, 2.45) is 4.63 Å². The Hall–Kier alpha value is -0.503. The Labute approximate surface area is 76.5 Å². The van der Waals surface area contributed by atoms with Crippen LogP contribution in [-0.2, 0) is 0 Å². The maximum absolute atomic E-state index is 4.79. The first kappa shape index (κ1) is 9.58. The molecule has 0 aromatic carbocycles. The maximum Gasteiger partial charge on any atom is 0.130 e. The van der Waals surface area contributed by atoms with Crippen LogP contribution >= 0.6 is 0 Å². The van der Waals surface area contributed by atoms with Crippen LogP contribution in [0.25, 0.3) is 0 Å². The second-order valence-corrected chi connectivity index (χ2v) is 6.39. The van der Waals surface area contributed by atoms with E-state index in [9.17, 15) is 0 Å². The summed E-state index contributed by atoms with van der Waals surface area (Å²) in [6.45, 7) is 8.79. The van der Waals surface area contributed by atoms with E-state index in [0.29, 0.717) is 5.54 Å². The van der Waals surface area contributed by atoms with E-state index >= 15 is 0 Å². The fourth-order valence-electron chi connectivity index (χ4n) is 1.31. The fraction of sp³-hybridized carbons (Fsp3) is 0.600. The van der Waals surface area contributed by atoms with Crippen molar-refractivity contribution in [3.63, 3.8) is 0 Å². The fourth-order valence-corrected chi connectivity index (χ4v) is 3.30. The van der Waals surface area contributed by atoms with Crippen LogP contribution in [0.15, 0.2) is 28.9 Å². The molecule has 0 fully saturated rings. The van der Waals surface area contributed by atoms with E-state index in [4.69, 9.17) is 4.63 Å². The van der Waals surface area contributed by atoms with Gasteiger partial charge in [0.25, 0.3) is 0 Å². The Morgan fingerprint density at radius 1 is 1.17 bits per heavy atom. The summed E-state index contributed by atoms with van der Waals surface area (Å²) in [6.07, 6.45) is 8.75. The van der Waals surface area contributed by atoms with E-state index in [0.717, 1.165) is 0 Å². The summed E-state index contributed by atoms with van der Waals surface area (Å²) in [6, 6.07) is 0.